The van der Waals surface area contributed by atoms with E-state index in [-0.39, 0.29) is 30.7 Å². The summed E-state index contributed by atoms with van der Waals surface area (Å²) in [4.78, 5) is 22.9. The van der Waals surface area contributed by atoms with Crippen molar-refractivity contribution in [1.82, 2.24) is 9.97 Å². The molecule has 2 atom stereocenters. The summed E-state index contributed by atoms with van der Waals surface area (Å²) in [5.41, 5.74) is 6.04. The Morgan fingerprint density at radius 1 is 1.42 bits per heavy atom. The molecule has 10 heteroatoms. The Kier molecular flexibility index (Phi) is 4.92. The van der Waals surface area contributed by atoms with Gasteiger partial charge in [0.25, 0.3) is 0 Å². The van der Waals surface area contributed by atoms with E-state index in [9.17, 15) is 14.4 Å². The number of aromatic nitrogens is 2. The van der Waals surface area contributed by atoms with Crippen molar-refractivity contribution in [2.45, 2.75) is 12.2 Å². The van der Waals surface area contributed by atoms with Gasteiger partial charge in [0.2, 0.25) is 5.88 Å². The van der Waals surface area contributed by atoms with E-state index in [0.29, 0.717) is 11.1 Å². The second kappa shape index (κ2) is 7.30. The second-order valence-corrected chi connectivity index (χ2v) is 5.43. The van der Waals surface area contributed by atoms with Crippen LogP contribution in [0, 0.1) is 11.3 Å². The van der Waals surface area contributed by atoms with Crippen molar-refractivity contribution in [2.24, 2.45) is 0 Å². The van der Waals surface area contributed by atoms with Crippen molar-refractivity contribution < 1.29 is 28.8 Å². The van der Waals surface area contributed by atoms with Crippen LogP contribution in [0.2, 0.25) is 0 Å². The van der Waals surface area contributed by atoms with E-state index in [1.165, 1.54) is 6.07 Å². The maximum atomic E-state index is 12.4. The van der Waals surface area contributed by atoms with Gasteiger partial charge < -0.3 is 20.3 Å². The highest BCUT2D eigenvalue weighted by atomic mass is 19.3. The molecule has 0 aliphatic carbocycles. The minimum absolute atomic E-state index is 0.0468. The fourth-order valence-corrected chi connectivity index (χ4v) is 2.41. The Labute approximate surface area is 146 Å². The number of nitrogens with zero attached hydrogens (tertiary/aromatic N) is 3. The SMILES string of the molecule is N#Cc1cccc(-c2nc(N)c(C(=O)OF)c(O[C@@H]3COCC3O)n2)c1. The number of nitriles is 1. The van der Waals surface area contributed by atoms with E-state index in [1.807, 2.05) is 6.07 Å². The zero-order valence-corrected chi connectivity index (χ0v) is 13.3. The first-order valence-corrected chi connectivity index (χ1v) is 7.47. The van der Waals surface area contributed by atoms with Crippen LogP contribution in [0.1, 0.15) is 15.9 Å². The van der Waals surface area contributed by atoms with Crippen LogP contribution < -0.4 is 10.5 Å². The first-order chi connectivity index (χ1) is 12.5. The number of carbonyl (C=O) groups is 1. The Balaban J connectivity index is 2.07. The molecule has 0 spiro atoms. The third-order valence-electron chi connectivity index (χ3n) is 3.69. The fourth-order valence-electron chi connectivity index (χ4n) is 2.41. The van der Waals surface area contributed by atoms with Gasteiger partial charge in [-0.15, -0.1) is 0 Å². The predicted octanol–water partition coefficient (Wildman–Crippen LogP) is 0.777. The molecule has 9 nitrogen and oxygen atoms in total. The zero-order chi connectivity index (χ0) is 18.7. The summed E-state index contributed by atoms with van der Waals surface area (Å²) < 4.78 is 23.0. The summed E-state index contributed by atoms with van der Waals surface area (Å²) in [5.74, 6) is -2.10. The molecule has 1 aromatic heterocycles. The highest BCUT2D eigenvalue weighted by Crippen LogP contribution is 2.29. The molecule has 26 heavy (non-hydrogen) atoms. The van der Waals surface area contributed by atoms with Gasteiger partial charge in [0.1, 0.15) is 11.9 Å². The number of rotatable bonds is 4. The van der Waals surface area contributed by atoms with Gasteiger partial charge >= 0.3 is 5.97 Å². The normalized spacial score (nSPS) is 19.0. The molecule has 0 radical (unpaired) electrons. The highest BCUT2D eigenvalue weighted by Gasteiger charge is 2.32. The number of hydrogen-bond acceptors (Lipinski definition) is 9. The number of nitrogen functional groups attached to an aromatic ring is 1. The Morgan fingerprint density at radius 2 is 2.23 bits per heavy atom. The number of aliphatic hydroxyl groups is 1. The Morgan fingerprint density at radius 3 is 2.88 bits per heavy atom. The lowest BCUT2D eigenvalue weighted by Crippen LogP contribution is -2.31. The number of halogens is 1. The van der Waals surface area contributed by atoms with Crippen LogP contribution in [0.3, 0.4) is 0 Å². The first-order valence-electron chi connectivity index (χ1n) is 7.47. The summed E-state index contributed by atoms with van der Waals surface area (Å²) in [6.45, 7) is 0.0969. The van der Waals surface area contributed by atoms with E-state index >= 15 is 0 Å². The van der Waals surface area contributed by atoms with Crippen LogP contribution in [0.25, 0.3) is 11.4 Å². The van der Waals surface area contributed by atoms with Gasteiger partial charge in [-0.3, -0.25) is 0 Å². The minimum atomic E-state index is -1.43. The quantitative estimate of drug-likeness (QED) is 0.809. The molecule has 0 bridgehead atoms. The molecule has 1 aromatic carbocycles. The molecule has 3 N–H and O–H groups in total. The van der Waals surface area contributed by atoms with E-state index in [0.717, 1.165) is 0 Å². The van der Waals surface area contributed by atoms with Crippen molar-refractivity contribution in [3.05, 3.63) is 35.4 Å². The number of ether oxygens (including phenoxy) is 2. The van der Waals surface area contributed by atoms with Gasteiger partial charge in [0.05, 0.1) is 24.8 Å². The summed E-state index contributed by atoms with van der Waals surface area (Å²) in [7, 11) is 0. The fraction of sp³-hybridized carbons (Fsp3) is 0.250. The molecule has 1 aliphatic heterocycles. The lowest BCUT2D eigenvalue weighted by atomic mass is 10.1. The third kappa shape index (κ3) is 3.39. The molecule has 0 saturated carbocycles. The molecule has 134 valence electrons. The first kappa shape index (κ1) is 17.5. The molecular weight excluding hydrogens is 347 g/mol. The Hall–Kier alpha value is -3.29. The van der Waals surface area contributed by atoms with Crippen molar-refractivity contribution in [1.29, 1.82) is 5.26 Å². The maximum Gasteiger partial charge on any atom is 0.388 e. The van der Waals surface area contributed by atoms with Gasteiger partial charge in [-0.1, -0.05) is 12.1 Å². The third-order valence-corrected chi connectivity index (χ3v) is 3.69. The molecule has 1 unspecified atom stereocenters. The summed E-state index contributed by atoms with van der Waals surface area (Å²) in [5, 5.41) is 18.8. The zero-order valence-electron chi connectivity index (χ0n) is 13.3. The number of aliphatic hydroxyl groups excluding tert-OH is 1. The number of carbonyl (C=O) groups excluding carboxylic acids is 1. The Bertz CT molecular complexity index is 885. The van der Waals surface area contributed by atoms with Crippen LogP contribution >= 0.6 is 0 Å². The smallest absolute Gasteiger partial charge is 0.388 e. The number of hydrogen-bond donors (Lipinski definition) is 2. The summed E-state index contributed by atoms with van der Waals surface area (Å²) in [6.07, 6.45) is -1.78. The van der Waals surface area contributed by atoms with Gasteiger partial charge in [-0.2, -0.15) is 10.2 Å². The topological polar surface area (TPSA) is 141 Å². The highest BCUT2D eigenvalue weighted by molar-refractivity contribution is 5.96. The largest absolute Gasteiger partial charge is 0.468 e. The molecule has 3 rings (SSSR count). The van der Waals surface area contributed by atoms with Crippen LogP contribution in [0.5, 0.6) is 5.88 Å². The average Bonchev–Trinajstić information content (AvgIpc) is 3.05. The molecule has 1 fully saturated rings. The van der Waals surface area contributed by atoms with Crippen LogP contribution in [-0.2, 0) is 9.68 Å². The molecule has 2 aromatic rings. The van der Waals surface area contributed by atoms with Gasteiger partial charge in [-0.25, -0.2) is 14.7 Å². The van der Waals surface area contributed by atoms with Gasteiger partial charge in [-0.05, 0) is 12.1 Å². The number of benzene rings is 1. The van der Waals surface area contributed by atoms with E-state index in [4.69, 9.17) is 20.5 Å². The van der Waals surface area contributed by atoms with Crippen molar-refractivity contribution in [3.63, 3.8) is 0 Å². The predicted molar refractivity (Wildman–Crippen MR) is 84.4 cm³/mol. The summed E-state index contributed by atoms with van der Waals surface area (Å²) in [6, 6.07) is 8.32. The second-order valence-electron chi connectivity index (χ2n) is 5.43. The lowest BCUT2D eigenvalue weighted by Gasteiger charge is -2.17. The number of nitrogens with two attached hydrogens (primary N) is 1. The van der Waals surface area contributed by atoms with Crippen molar-refractivity contribution in [3.8, 4) is 23.3 Å². The molecule has 1 saturated heterocycles. The minimum Gasteiger partial charge on any atom is -0.468 e. The van der Waals surface area contributed by atoms with E-state index in [2.05, 4.69) is 14.9 Å². The molecule has 2 heterocycles. The molecular formula is C16H13FN4O5. The van der Waals surface area contributed by atoms with Crippen molar-refractivity contribution in [2.75, 3.05) is 18.9 Å². The summed E-state index contributed by atoms with van der Waals surface area (Å²) >= 11 is 0. The standard InChI is InChI=1S/C16H13FN4O5/c17-26-16(23)12-13(19)20-14(9-3-1-2-8(4-9)5-18)21-15(12)25-11-7-24-6-10(11)22/h1-4,10-11,22H,6-7H2,(H2,19,20,21)/t10?,11-/m1/s1. The van der Waals surface area contributed by atoms with E-state index < -0.39 is 23.7 Å². The molecule has 0 amide bonds. The van der Waals surface area contributed by atoms with Crippen LogP contribution in [-0.4, -0.2) is 46.5 Å². The maximum absolute atomic E-state index is 12.4. The van der Waals surface area contributed by atoms with Crippen LogP contribution in [0.15, 0.2) is 24.3 Å². The van der Waals surface area contributed by atoms with Crippen molar-refractivity contribution >= 4 is 11.8 Å². The monoisotopic (exact) mass is 360 g/mol. The average molecular weight is 360 g/mol. The van der Waals surface area contributed by atoms with Crippen LogP contribution in [0.4, 0.5) is 10.3 Å². The van der Waals surface area contributed by atoms with E-state index in [1.54, 1.807) is 18.2 Å². The number of anilines is 1. The van der Waals surface area contributed by atoms with Gasteiger partial charge in [0, 0.05) is 10.1 Å². The molecule has 1 aliphatic rings. The van der Waals surface area contributed by atoms with Gasteiger partial charge in [0.15, 0.2) is 17.5 Å². The lowest BCUT2D eigenvalue weighted by molar-refractivity contribution is -0.0792.